The highest BCUT2D eigenvalue weighted by Crippen LogP contribution is 2.29. The number of rotatable bonds is 4. The molecule has 0 radical (unpaired) electrons. The van der Waals surface area contributed by atoms with E-state index in [-0.39, 0.29) is 22.6 Å². The van der Waals surface area contributed by atoms with E-state index in [0.717, 1.165) is 0 Å². The van der Waals surface area contributed by atoms with Gasteiger partial charge in [-0.3, -0.25) is 0 Å². The molecule has 116 valence electrons. The summed E-state index contributed by atoms with van der Waals surface area (Å²) in [4.78, 5) is 11.8. The first-order valence-corrected chi connectivity index (χ1v) is 6.84. The summed E-state index contributed by atoms with van der Waals surface area (Å²) in [5, 5.41) is 0. The van der Waals surface area contributed by atoms with Gasteiger partial charge in [-0.25, -0.2) is 13.6 Å². The number of hydrogen-bond acceptors (Lipinski definition) is 3. The van der Waals surface area contributed by atoms with Crippen molar-refractivity contribution in [2.24, 2.45) is 0 Å². The summed E-state index contributed by atoms with van der Waals surface area (Å²) in [6, 6.07) is 12.5. The van der Waals surface area contributed by atoms with Crippen molar-refractivity contribution in [3.05, 3.63) is 59.7 Å². The summed E-state index contributed by atoms with van der Waals surface area (Å²) in [6.45, 7) is 2.68. The van der Waals surface area contributed by atoms with Crippen LogP contribution in [0.2, 0.25) is 0 Å². The molecular weight excluding hydrogens is 290 g/mol. The Bertz CT molecular complexity index is 598. The molecule has 0 spiro atoms. The number of benzene rings is 2. The molecule has 2 atom stereocenters. The lowest BCUT2D eigenvalue weighted by molar-refractivity contribution is 0.149. The van der Waals surface area contributed by atoms with Gasteiger partial charge in [-0.15, -0.1) is 0 Å². The van der Waals surface area contributed by atoms with Crippen LogP contribution in [-0.2, 0) is 0 Å². The highest BCUT2D eigenvalue weighted by molar-refractivity contribution is 5.68. The van der Waals surface area contributed by atoms with E-state index in [0.29, 0.717) is 0 Å². The Morgan fingerprint density at radius 3 is 1.55 bits per heavy atom. The van der Waals surface area contributed by atoms with Crippen LogP contribution in [0.3, 0.4) is 0 Å². The Kier molecular flexibility index (Phi) is 5.09. The van der Waals surface area contributed by atoms with Gasteiger partial charge < -0.3 is 9.47 Å². The second-order valence-electron chi connectivity index (χ2n) is 4.76. The van der Waals surface area contributed by atoms with Crippen LogP contribution in [0, 0.1) is 0 Å². The Morgan fingerprint density at radius 2 is 1.18 bits per heavy atom. The summed E-state index contributed by atoms with van der Waals surface area (Å²) in [5.74, 6) is 0.154. The summed E-state index contributed by atoms with van der Waals surface area (Å²) < 4.78 is 37.0. The van der Waals surface area contributed by atoms with Crippen molar-refractivity contribution >= 4 is 6.16 Å². The molecule has 0 heterocycles. The van der Waals surface area contributed by atoms with Gasteiger partial charge in [-0.2, -0.15) is 0 Å². The van der Waals surface area contributed by atoms with Crippen molar-refractivity contribution in [2.45, 2.75) is 26.2 Å². The Balaban J connectivity index is 2.15. The second kappa shape index (κ2) is 7.02. The number of carbonyl (C=O) groups is 1. The van der Waals surface area contributed by atoms with E-state index in [9.17, 15) is 13.6 Å². The van der Waals surface area contributed by atoms with Crippen molar-refractivity contribution in [1.29, 1.82) is 0 Å². The first-order chi connectivity index (χ1) is 10.5. The summed E-state index contributed by atoms with van der Waals surface area (Å²) in [5.41, 5.74) is 0.484. The van der Waals surface area contributed by atoms with Gasteiger partial charge in [0.15, 0.2) is 0 Å². The van der Waals surface area contributed by atoms with Crippen LogP contribution >= 0.6 is 0 Å². The molecule has 0 saturated heterocycles. The van der Waals surface area contributed by atoms with Crippen LogP contribution in [0.1, 0.15) is 37.3 Å². The predicted octanol–water partition coefficient (Wildman–Crippen LogP) is 5.33. The van der Waals surface area contributed by atoms with E-state index >= 15 is 0 Å². The normalized spacial score (nSPS) is 13.3. The number of alkyl halides is 2. The molecule has 0 aliphatic carbocycles. The topological polar surface area (TPSA) is 35.5 Å². The standard InChI is InChI=1S/C17H16F2O3/c1-11(18)13-7-3-5-9-15(13)21-17(20)22-16-10-6-4-8-14(16)12(2)19/h3-12H,1-2H3. The van der Waals surface area contributed by atoms with Gasteiger partial charge >= 0.3 is 6.16 Å². The molecule has 0 fully saturated rings. The quantitative estimate of drug-likeness (QED) is 0.566. The molecule has 0 saturated carbocycles. The highest BCUT2D eigenvalue weighted by atomic mass is 19.1. The fourth-order valence-corrected chi connectivity index (χ4v) is 2.00. The zero-order valence-corrected chi connectivity index (χ0v) is 12.3. The smallest absolute Gasteiger partial charge is 0.394 e. The third-order valence-corrected chi connectivity index (χ3v) is 3.08. The van der Waals surface area contributed by atoms with Crippen molar-refractivity contribution in [1.82, 2.24) is 0 Å². The van der Waals surface area contributed by atoms with Gasteiger partial charge in [0.05, 0.1) is 0 Å². The first kappa shape index (κ1) is 15.9. The molecule has 2 unspecified atom stereocenters. The molecule has 2 aromatic rings. The number of hydrogen-bond donors (Lipinski definition) is 0. The fourth-order valence-electron chi connectivity index (χ4n) is 2.00. The van der Waals surface area contributed by atoms with Gasteiger partial charge in [-0.1, -0.05) is 36.4 Å². The minimum Gasteiger partial charge on any atom is -0.394 e. The molecule has 0 bridgehead atoms. The molecule has 5 heteroatoms. The van der Waals surface area contributed by atoms with Gasteiger partial charge in [0.1, 0.15) is 23.8 Å². The zero-order chi connectivity index (χ0) is 16.1. The van der Waals surface area contributed by atoms with Crippen LogP contribution in [0.15, 0.2) is 48.5 Å². The molecule has 0 N–H and O–H groups in total. The van der Waals surface area contributed by atoms with Crippen molar-refractivity contribution in [3.63, 3.8) is 0 Å². The number of para-hydroxylation sites is 2. The third kappa shape index (κ3) is 3.81. The maximum atomic E-state index is 13.5. The number of halogens is 2. The Hall–Kier alpha value is -2.43. The molecule has 3 nitrogen and oxygen atoms in total. The molecule has 0 aliphatic rings. The van der Waals surface area contributed by atoms with Crippen LogP contribution in [-0.4, -0.2) is 6.16 Å². The van der Waals surface area contributed by atoms with E-state index in [4.69, 9.17) is 9.47 Å². The number of ether oxygens (including phenoxy) is 2. The van der Waals surface area contributed by atoms with E-state index in [1.165, 1.54) is 38.1 Å². The van der Waals surface area contributed by atoms with Crippen LogP contribution in [0.25, 0.3) is 0 Å². The molecule has 0 amide bonds. The molecule has 2 rings (SSSR count). The molecule has 0 aliphatic heterocycles. The van der Waals surface area contributed by atoms with Crippen molar-refractivity contribution < 1.29 is 23.0 Å². The molecular formula is C17H16F2O3. The van der Waals surface area contributed by atoms with E-state index in [2.05, 4.69) is 0 Å². The first-order valence-electron chi connectivity index (χ1n) is 6.84. The Morgan fingerprint density at radius 1 is 0.818 bits per heavy atom. The van der Waals surface area contributed by atoms with Crippen molar-refractivity contribution in [3.8, 4) is 11.5 Å². The predicted molar refractivity (Wildman–Crippen MR) is 78.6 cm³/mol. The molecule has 22 heavy (non-hydrogen) atoms. The van der Waals surface area contributed by atoms with E-state index in [1.807, 2.05) is 0 Å². The second-order valence-corrected chi connectivity index (χ2v) is 4.76. The molecule has 2 aromatic carbocycles. The van der Waals surface area contributed by atoms with E-state index < -0.39 is 18.5 Å². The van der Waals surface area contributed by atoms with E-state index in [1.54, 1.807) is 24.3 Å². The van der Waals surface area contributed by atoms with Gasteiger partial charge in [-0.05, 0) is 26.0 Å². The Labute approximate surface area is 127 Å². The zero-order valence-electron chi connectivity index (χ0n) is 12.3. The van der Waals surface area contributed by atoms with Crippen LogP contribution in [0.4, 0.5) is 13.6 Å². The monoisotopic (exact) mass is 306 g/mol. The van der Waals surface area contributed by atoms with Crippen LogP contribution < -0.4 is 9.47 Å². The highest BCUT2D eigenvalue weighted by Gasteiger charge is 2.17. The molecule has 0 aromatic heterocycles. The maximum absolute atomic E-state index is 13.5. The van der Waals surface area contributed by atoms with Crippen LogP contribution in [0.5, 0.6) is 11.5 Å². The fraction of sp³-hybridized carbons (Fsp3) is 0.235. The lowest BCUT2D eigenvalue weighted by atomic mass is 10.1. The van der Waals surface area contributed by atoms with Gasteiger partial charge in [0.2, 0.25) is 0 Å². The summed E-state index contributed by atoms with van der Waals surface area (Å²) in [6.07, 6.45) is -3.62. The third-order valence-electron chi connectivity index (χ3n) is 3.08. The average Bonchev–Trinajstić information content (AvgIpc) is 2.47. The minimum absolute atomic E-state index is 0.0771. The number of carbonyl (C=O) groups excluding carboxylic acids is 1. The minimum atomic E-state index is -1.29. The lowest BCUT2D eigenvalue weighted by Gasteiger charge is -2.13. The maximum Gasteiger partial charge on any atom is 0.519 e. The largest absolute Gasteiger partial charge is 0.519 e. The van der Waals surface area contributed by atoms with Gasteiger partial charge in [0.25, 0.3) is 0 Å². The lowest BCUT2D eigenvalue weighted by Crippen LogP contribution is -2.15. The SMILES string of the molecule is CC(F)c1ccccc1OC(=O)Oc1ccccc1C(C)F. The summed E-state index contributed by atoms with van der Waals surface area (Å²) >= 11 is 0. The summed E-state index contributed by atoms with van der Waals surface area (Å²) in [7, 11) is 0. The van der Waals surface area contributed by atoms with Crippen molar-refractivity contribution in [2.75, 3.05) is 0 Å². The average molecular weight is 306 g/mol. The van der Waals surface area contributed by atoms with Gasteiger partial charge in [0, 0.05) is 11.1 Å².